The summed E-state index contributed by atoms with van der Waals surface area (Å²) in [5.41, 5.74) is 2.51. The van der Waals surface area contributed by atoms with Gasteiger partial charge in [-0.15, -0.1) is 0 Å². The molecule has 1 atom stereocenters. The molecule has 0 saturated heterocycles. The van der Waals surface area contributed by atoms with E-state index in [4.69, 9.17) is 0 Å². The molecule has 5 heteroatoms. The Morgan fingerprint density at radius 2 is 2.16 bits per heavy atom. The maximum absolute atomic E-state index is 10.6. The first kappa shape index (κ1) is 14.2. The molecule has 4 nitrogen and oxygen atoms in total. The molecule has 2 aromatic rings. The lowest BCUT2D eigenvalue weighted by Gasteiger charge is -2.18. The first-order valence-electron chi connectivity index (χ1n) is 6.41. The van der Waals surface area contributed by atoms with Crippen LogP contribution in [0.15, 0.2) is 29.0 Å². The number of pyridine rings is 1. The predicted molar refractivity (Wildman–Crippen MR) is 78.0 cm³/mol. The molecule has 1 N–H and O–H groups in total. The molecule has 0 bridgehead atoms. The fraction of sp³-hybridized carbons (Fsp3) is 0.429. The van der Waals surface area contributed by atoms with Gasteiger partial charge in [0.2, 0.25) is 0 Å². The summed E-state index contributed by atoms with van der Waals surface area (Å²) in [5, 5.41) is 14.9. The van der Waals surface area contributed by atoms with Gasteiger partial charge in [-0.3, -0.25) is 9.67 Å². The van der Waals surface area contributed by atoms with Crippen LogP contribution in [0.3, 0.4) is 0 Å². The van der Waals surface area contributed by atoms with Crippen molar-refractivity contribution in [2.45, 2.75) is 39.3 Å². The molecular formula is C14H18BrN3O. The molecule has 0 aromatic carbocycles. The van der Waals surface area contributed by atoms with E-state index in [0.717, 1.165) is 22.2 Å². The second-order valence-corrected chi connectivity index (χ2v) is 5.57. The number of hydrogen-bond donors (Lipinski definition) is 1. The van der Waals surface area contributed by atoms with Crippen LogP contribution in [0.4, 0.5) is 0 Å². The summed E-state index contributed by atoms with van der Waals surface area (Å²) in [6.07, 6.45) is 3.50. The van der Waals surface area contributed by atoms with Gasteiger partial charge in [0, 0.05) is 12.2 Å². The molecule has 0 spiro atoms. The highest BCUT2D eigenvalue weighted by Crippen LogP contribution is 2.30. The lowest BCUT2D eigenvalue weighted by Crippen LogP contribution is -2.14. The molecular weight excluding hydrogens is 306 g/mol. The van der Waals surface area contributed by atoms with E-state index in [-0.39, 0.29) is 6.04 Å². The number of aliphatic hydroxyl groups is 1. The number of aryl methyl sites for hydroxylation is 1. The van der Waals surface area contributed by atoms with Crippen LogP contribution in [0, 0.1) is 0 Å². The number of halogens is 1. The van der Waals surface area contributed by atoms with Gasteiger partial charge in [0.25, 0.3) is 0 Å². The van der Waals surface area contributed by atoms with E-state index in [1.807, 2.05) is 30.7 Å². The van der Waals surface area contributed by atoms with E-state index < -0.39 is 6.10 Å². The van der Waals surface area contributed by atoms with Crippen LogP contribution >= 0.6 is 15.9 Å². The van der Waals surface area contributed by atoms with E-state index in [0.29, 0.717) is 5.69 Å². The van der Waals surface area contributed by atoms with Gasteiger partial charge in [0.1, 0.15) is 6.10 Å². The van der Waals surface area contributed by atoms with Gasteiger partial charge in [-0.1, -0.05) is 13.0 Å². The van der Waals surface area contributed by atoms with Crippen LogP contribution < -0.4 is 0 Å². The van der Waals surface area contributed by atoms with Crippen LogP contribution in [0.1, 0.15) is 49.9 Å². The molecule has 0 aliphatic heterocycles. The molecule has 0 saturated carbocycles. The van der Waals surface area contributed by atoms with Crippen molar-refractivity contribution < 1.29 is 5.11 Å². The molecule has 0 aliphatic carbocycles. The van der Waals surface area contributed by atoms with E-state index in [2.05, 4.69) is 32.9 Å². The van der Waals surface area contributed by atoms with Gasteiger partial charge < -0.3 is 5.11 Å². The van der Waals surface area contributed by atoms with E-state index in [9.17, 15) is 5.11 Å². The Hall–Kier alpha value is -1.20. The standard InChI is InChI=1S/C14H18BrN3O/c1-4-10-6-5-7-16-12(10)14(19)13-11(15)8-17-18(13)9(2)3/h5-9,14,19H,4H2,1-3H3. The number of aliphatic hydroxyl groups excluding tert-OH is 1. The average molecular weight is 324 g/mol. The average Bonchev–Trinajstić information content (AvgIpc) is 2.80. The highest BCUT2D eigenvalue weighted by molar-refractivity contribution is 9.10. The molecule has 102 valence electrons. The zero-order valence-electron chi connectivity index (χ0n) is 11.3. The van der Waals surface area contributed by atoms with Crippen molar-refractivity contribution in [2.75, 3.05) is 0 Å². The van der Waals surface area contributed by atoms with Crippen LogP contribution in [0.25, 0.3) is 0 Å². The zero-order valence-corrected chi connectivity index (χ0v) is 12.9. The van der Waals surface area contributed by atoms with Gasteiger partial charge in [-0.25, -0.2) is 0 Å². The Morgan fingerprint density at radius 3 is 2.79 bits per heavy atom. The number of hydrogen-bond acceptors (Lipinski definition) is 3. The topological polar surface area (TPSA) is 50.9 Å². The molecule has 2 rings (SSSR count). The molecule has 0 amide bonds. The number of rotatable bonds is 4. The molecule has 19 heavy (non-hydrogen) atoms. The molecule has 2 aromatic heterocycles. The van der Waals surface area contributed by atoms with Gasteiger partial charge in [-0.05, 0) is 47.8 Å². The second-order valence-electron chi connectivity index (χ2n) is 4.72. The minimum Gasteiger partial charge on any atom is -0.380 e. The van der Waals surface area contributed by atoms with Crippen molar-refractivity contribution in [3.63, 3.8) is 0 Å². The van der Waals surface area contributed by atoms with Crippen LogP contribution in [0.2, 0.25) is 0 Å². The Bertz CT molecular complexity index is 566. The largest absolute Gasteiger partial charge is 0.380 e. The first-order valence-corrected chi connectivity index (χ1v) is 7.20. The zero-order chi connectivity index (χ0) is 14.0. The summed E-state index contributed by atoms with van der Waals surface area (Å²) in [6.45, 7) is 6.13. The van der Waals surface area contributed by atoms with E-state index in [1.165, 1.54) is 0 Å². The lowest BCUT2D eigenvalue weighted by molar-refractivity contribution is 0.198. The summed E-state index contributed by atoms with van der Waals surface area (Å²) in [7, 11) is 0. The smallest absolute Gasteiger partial charge is 0.139 e. The highest BCUT2D eigenvalue weighted by Gasteiger charge is 2.23. The van der Waals surface area contributed by atoms with Crippen LogP contribution in [0.5, 0.6) is 0 Å². The summed E-state index contributed by atoms with van der Waals surface area (Å²) < 4.78 is 2.63. The lowest BCUT2D eigenvalue weighted by atomic mass is 10.0. The monoisotopic (exact) mass is 323 g/mol. The van der Waals surface area contributed by atoms with Crippen molar-refractivity contribution in [1.29, 1.82) is 0 Å². The summed E-state index contributed by atoms with van der Waals surface area (Å²) in [4.78, 5) is 4.34. The minimum absolute atomic E-state index is 0.185. The third-order valence-corrected chi connectivity index (χ3v) is 3.71. The third kappa shape index (κ3) is 2.72. The van der Waals surface area contributed by atoms with Crippen molar-refractivity contribution in [3.8, 4) is 0 Å². The summed E-state index contributed by atoms with van der Waals surface area (Å²) >= 11 is 3.46. The number of nitrogens with zero attached hydrogens (tertiary/aromatic N) is 3. The predicted octanol–water partition coefficient (Wildman–Crippen LogP) is 3.27. The normalized spacial score (nSPS) is 12.9. The van der Waals surface area contributed by atoms with Crippen LogP contribution in [-0.2, 0) is 6.42 Å². The van der Waals surface area contributed by atoms with Crippen molar-refractivity contribution in [3.05, 3.63) is 46.0 Å². The SMILES string of the molecule is CCc1cccnc1C(O)c1c(Br)cnn1C(C)C. The van der Waals surface area contributed by atoms with Crippen molar-refractivity contribution >= 4 is 15.9 Å². The summed E-state index contributed by atoms with van der Waals surface area (Å²) in [6, 6.07) is 4.07. The Balaban J connectivity index is 2.50. The van der Waals surface area contributed by atoms with Gasteiger partial charge in [-0.2, -0.15) is 5.10 Å². The maximum atomic E-state index is 10.6. The fourth-order valence-corrected chi connectivity index (χ4v) is 2.63. The number of aromatic nitrogens is 3. The molecule has 0 aliphatic rings. The van der Waals surface area contributed by atoms with Gasteiger partial charge in [0.15, 0.2) is 0 Å². The van der Waals surface area contributed by atoms with Crippen molar-refractivity contribution in [2.24, 2.45) is 0 Å². The quantitative estimate of drug-likeness (QED) is 0.939. The Kier molecular flexibility index (Phi) is 4.37. The van der Waals surface area contributed by atoms with Crippen molar-refractivity contribution in [1.82, 2.24) is 14.8 Å². The van der Waals surface area contributed by atoms with Gasteiger partial charge in [0.05, 0.1) is 22.1 Å². The fourth-order valence-electron chi connectivity index (χ4n) is 2.14. The highest BCUT2D eigenvalue weighted by atomic mass is 79.9. The first-order chi connectivity index (χ1) is 9.06. The molecule has 0 fully saturated rings. The maximum Gasteiger partial charge on any atom is 0.139 e. The van der Waals surface area contributed by atoms with E-state index >= 15 is 0 Å². The van der Waals surface area contributed by atoms with Gasteiger partial charge >= 0.3 is 0 Å². The molecule has 1 unspecified atom stereocenters. The summed E-state index contributed by atoms with van der Waals surface area (Å²) in [5.74, 6) is 0. The second kappa shape index (κ2) is 5.84. The Morgan fingerprint density at radius 1 is 1.42 bits per heavy atom. The molecule has 0 radical (unpaired) electrons. The third-order valence-electron chi connectivity index (χ3n) is 3.10. The molecule has 2 heterocycles. The Labute approximate surface area is 121 Å². The minimum atomic E-state index is -0.768. The van der Waals surface area contributed by atoms with Crippen LogP contribution in [-0.4, -0.2) is 19.9 Å². The van der Waals surface area contributed by atoms with E-state index in [1.54, 1.807) is 12.4 Å².